The number of hydrogen-bond donors (Lipinski definition) is 2. The maximum Gasteiger partial charge on any atom is 0.255 e. The van der Waals surface area contributed by atoms with Gasteiger partial charge in [0.25, 0.3) is 5.91 Å². The first-order valence-corrected chi connectivity index (χ1v) is 12.7. The van der Waals surface area contributed by atoms with Crippen molar-refractivity contribution in [2.24, 2.45) is 0 Å². The number of rotatable bonds is 9. The van der Waals surface area contributed by atoms with Crippen molar-refractivity contribution in [2.45, 2.75) is 23.8 Å². The lowest BCUT2D eigenvalue weighted by atomic mass is 10.0. The summed E-state index contributed by atoms with van der Waals surface area (Å²) in [5.41, 5.74) is 2.64. The normalized spacial score (nSPS) is 15.5. The molecule has 184 valence electrons. The molecule has 1 aliphatic heterocycles. The fraction of sp³-hybridized carbons (Fsp3) is 0.269. The Morgan fingerprint density at radius 3 is 2.37 bits per heavy atom. The maximum absolute atomic E-state index is 12.8. The number of hydrogen-bond acceptors (Lipinski definition) is 6. The van der Waals surface area contributed by atoms with E-state index in [-0.39, 0.29) is 23.5 Å². The third-order valence-corrected chi connectivity index (χ3v) is 7.25. The van der Waals surface area contributed by atoms with E-state index in [1.165, 1.54) is 24.3 Å². The van der Waals surface area contributed by atoms with Gasteiger partial charge in [-0.3, -0.25) is 4.79 Å². The van der Waals surface area contributed by atoms with Gasteiger partial charge in [0.1, 0.15) is 11.5 Å². The van der Waals surface area contributed by atoms with Crippen molar-refractivity contribution in [1.82, 2.24) is 4.72 Å². The van der Waals surface area contributed by atoms with Crippen molar-refractivity contribution < 1.29 is 27.4 Å². The van der Waals surface area contributed by atoms with E-state index in [2.05, 4.69) is 10.0 Å². The highest BCUT2D eigenvalue weighted by Gasteiger charge is 2.20. The predicted molar refractivity (Wildman–Crippen MR) is 134 cm³/mol. The Hall–Kier alpha value is -3.40. The fourth-order valence-electron chi connectivity index (χ4n) is 3.86. The zero-order valence-corrected chi connectivity index (χ0v) is 20.4. The van der Waals surface area contributed by atoms with Gasteiger partial charge in [-0.15, -0.1) is 0 Å². The third-order valence-electron chi connectivity index (χ3n) is 5.81. The molecule has 1 amide bonds. The lowest BCUT2D eigenvalue weighted by Crippen LogP contribution is -2.31. The first-order chi connectivity index (χ1) is 16.9. The highest BCUT2D eigenvalue weighted by atomic mass is 32.2. The van der Waals surface area contributed by atoms with E-state index in [0.29, 0.717) is 23.6 Å². The average Bonchev–Trinajstić information content (AvgIpc) is 3.41. The van der Waals surface area contributed by atoms with E-state index in [1.807, 2.05) is 30.3 Å². The lowest BCUT2D eigenvalue weighted by Gasteiger charge is -2.13. The fourth-order valence-corrected chi connectivity index (χ4v) is 4.93. The quantitative estimate of drug-likeness (QED) is 0.463. The van der Waals surface area contributed by atoms with Crippen molar-refractivity contribution in [3.8, 4) is 22.6 Å². The van der Waals surface area contributed by atoms with Gasteiger partial charge in [-0.25, -0.2) is 13.1 Å². The number of nitrogens with one attached hydrogen (secondary N) is 2. The Morgan fingerprint density at radius 1 is 1.00 bits per heavy atom. The van der Waals surface area contributed by atoms with E-state index in [0.717, 1.165) is 29.7 Å². The molecule has 9 heteroatoms. The molecule has 8 nitrogen and oxygen atoms in total. The van der Waals surface area contributed by atoms with E-state index in [9.17, 15) is 13.2 Å². The van der Waals surface area contributed by atoms with Crippen molar-refractivity contribution in [1.29, 1.82) is 0 Å². The molecule has 0 aliphatic carbocycles. The van der Waals surface area contributed by atoms with E-state index in [4.69, 9.17) is 14.2 Å². The summed E-state index contributed by atoms with van der Waals surface area (Å²) in [6.07, 6.45) is 1.68. The number of methoxy groups -OCH3 is 2. The van der Waals surface area contributed by atoms with Gasteiger partial charge in [-0.2, -0.15) is 0 Å². The van der Waals surface area contributed by atoms with Crippen molar-refractivity contribution >= 4 is 21.6 Å². The lowest BCUT2D eigenvalue weighted by molar-refractivity contribution is 0.102. The number of sulfonamides is 1. The van der Waals surface area contributed by atoms with Gasteiger partial charge < -0.3 is 19.5 Å². The van der Waals surface area contributed by atoms with Crippen LogP contribution in [-0.4, -0.2) is 47.8 Å². The summed E-state index contributed by atoms with van der Waals surface area (Å²) in [5, 5.41) is 2.86. The number of amides is 1. The van der Waals surface area contributed by atoms with Gasteiger partial charge >= 0.3 is 0 Å². The van der Waals surface area contributed by atoms with Gasteiger partial charge in [-0.05, 0) is 73.0 Å². The highest BCUT2D eigenvalue weighted by molar-refractivity contribution is 7.89. The Bertz CT molecular complexity index is 1270. The van der Waals surface area contributed by atoms with Crippen LogP contribution in [0.3, 0.4) is 0 Å². The molecule has 1 heterocycles. The van der Waals surface area contributed by atoms with Crippen LogP contribution in [0.15, 0.2) is 71.6 Å². The van der Waals surface area contributed by atoms with Gasteiger partial charge in [0, 0.05) is 30.0 Å². The van der Waals surface area contributed by atoms with Crippen LogP contribution in [0.1, 0.15) is 23.2 Å². The van der Waals surface area contributed by atoms with Crippen LogP contribution in [0.2, 0.25) is 0 Å². The van der Waals surface area contributed by atoms with Crippen LogP contribution in [-0.2, 0) is 14.8 Å². The van der Waals surface area contributed by atoms with Gasteiger partial charge in [0.05, 0.1) is 25.2 Å². The van der Waals surface area contributed by atoms with E-state index >= 15 is 0 Å². The van der Waals surface area contributed by atoms with Gasteiger partial charge in [-0.1, -0.05) is 12.1 Å². The largest absolute Gasteiger partial charge is 0.497 e. The summed E-state index contributed by atoms with van der Waals surface area (Å²) in [4.78, 5) is 12.9. The Kier molecular flexibility index (Phi) is 7.70. The number of carbonyl (C=O) groups is 1. The molecule has 0 saturated carbocycles. The summed E-state index contributed by atoms with van der Waals surface area (Å²) < 4.78 is 43.8. The molecule has 3 aromatic rings. The molecule has 35 heavy (non-hydrogen) atoms. The molecule has 4 rings (SSSR count). The molecule has 0 aromatic heterocycles. The molecule has 0 spiro atoms. The minimum Gasteiger partial charge on any atom is -0.497 e. The Morgan fingerprint density at radius 2 is 1.74 bits per heavy atom. The molecule has 0 unspecified atom stereocenters. The van der Waals surface area contributed by atoms with Crippen LogP contribution >= 0.6 is 0 Å². The van der Waals surface area contributed by atoms with Crippen LogP contribution in [0.4, 0.5) is 5.69 Å². The monoisotopic (exact) mass is 496 g/mol. The average molecular weight is 497 g/mol. The van der Waals surface area contributed by atoms with Crippen molar-refractivity contribution in [3.05, 3.63) is 72.3 Å². The summed E-state index contributed by atoms with van der Waals surface area (Å²) in [6, 6.07) is 18.7. The summed E-state index contributed by atoms with van der Waals surface area (Å²) in [6.45, 7) is 0.893. The minimum absolute atomic E-state index is 0.0953. The second-order valence-corrected chi connectivity index (χ2v) is 9.88. The van der Waals surface area contributed by atoms with Crippen molar-refractivity contribution in [3.63, 3.8) is 0 Å². The molecular weight excluding hydrogens is 468 g/mol. The second kappa shape index (κ2) is 10.9. The molecule has 3 aromatic carbocycles. The zero-order valence-electron chi connectivity index (χ0n) is 19.6. The smallest absolute Gasteiger partial charge is 0.255 e. The second-order valence-electron chi connectivity index (χ2n) is 8.11. The minimum atomic E-state index is -3.68. The number of anilines is 1. The molecule has 0 bridgehead atoms. The SMILES string of the molecule is COc1ccc(-c2cc(NC(=O)c3ccc(S(=O)(=O)NC[C@@H]4CCCO4)cc3)ccc2OC)cc1. The van der Waals surface area contributed by atoms with Crippen LogP contribution in [0, 0.1) is 0 Å². The van der Waals surface area contributed by atoms with Crippen LogP contribution in [0.5, 0.6) is 11.5 Å². The molecule has 1 aliphatic rings. The number of ether oxygens (including phenoxy) is 3. The molecule has 1 fully saturated rings. The number of carbonyl (C=O) groups excluding carboxylic acids is 1. The standard InChI is InChI=1S/C26H28N2O6S/c1-32-21-10-5-18(6-11-21)24-16-20(9-14-25(24)33-2)28-26(29)19-7-12-23(13-8-19)35(30,31)27-17-22-4-3-15-34-22/h5-14,16,22,27H,3-4,15,17H2,1-2H3,(H,28,29)/t22-/m0/s1. The van der Waals surface area contributed by atoms with Gasteiger partial charge in [0.2, 0.25) is 10.0 Å². The Balaban J connectivity index is 1.46. The van der Waals surface area contributed by atoms with Crippen LogP contribution in [0.25, 0.3) is 11.1 Å². The van der Waals surface area contributed by atoms with E-state index in [1.54, 1.807) is 26.4 Å². The first-order valence-electron chi connectivity index (χ1n) is 11.2. The summed E-state index contributed by atoms with van der Waals surface area (Å²) >= 11 is 0. The summed E-state index contributed by atoms with van der Waals surface area (Å²) in [7, 11) is -0.487. The molecule has 1 atom stereocenters. The zero-order chi connectivity index (χ0) is 24.8. The third kappa shape index (κ3) is 6.00. The van der Waals surface area contributed by atoms with Crippen LogP contribution < -0.4 is 19.5 Å². The number of benzene rings is 3. The highest BCUT2D eigenvalue weighted by Crippen LogP contribution is 2.33. The summed E-state index contributed by atoms with van der Waals surface area (Å²) in [5.74, 6) is 1.05. The molecule has 2 N–H and O–H groups in total. The van der Waals surface area contributed by atoms with E-state index < -0.39 is 10.0 Å². The maximum atomic E-state index is 12.8. The predicted octanol–water partition coefficient (Wildman–Crippen LogP) is 4.08. The van der Waals surface area contributed by atoms with Gasteiger partial charge in [0.15, 0.2) is 0 Å². The Labute approximate surface area is 205 Å². The molecular formula is C26H28N2O6S. The van der Waals surface area contributed by atoms with Crippen molar-refractivity contribution in [2.75, 3.05) is 32.7 Å². The molecule has 1 saturated heterocycles. The first kappa shape index (κ1) is 24.7. The topological polar surface area (TPSA) is 103 Å². The molecule has 0 radical (unpaired) electrons.